The van der Waals surface area contributed by atoms with E-state index in [1.54, 1.807) is 0 Å². The molecule has 0 fully saturated rings. The van der Waals surface area contributed by atoms with E-state index in [2.05, 4.69) is 0 Å². The molecule has 2 rings (SSSR count). The maximum absolute atomic E-state index is 10.5. The molecule has 0 unspecified atom stereocenters. The molecule has 0 spiro atoms. The fourth-order valence-electron chi connectivity index (χ4n) is 1.53. The Morgan fingerprint density at radius 3 is 1.50 bits per heavy atom. The van der Waals surface area contributed by atoms with Gasteiger partial charge in [-0.05, 0) is 24.3 Å². The third-order valence-corrected chi connectivity index (χ3v) is 4.67. The van der Waals surface area contributed by atoms with Crippen LogP contribution in [-0.4, -0.2) is 12.9 Å². The first kappa shape index (κ1) is 11.3. The first-order valence-corrected chi connectivity index (χ1v) is 6.55. The lowest BCUT2D eigenvalue weighted by Gasteiger charge is -2.16. The molecule has 0 saturated heterocycles. The van der Waals surface area contributed by atoms with Crippen LogP contribution >= 0.6 is 7.72 Å². The van der Waals surface area contributed by atoms with Crippen molar-refractivity contribution in [3.8, 4) is 0 Å². The van der Waals surface area contributed by atoms with E-state index in [0.29, 0.717) is 10.6 Å². The second-order valence-corrected chi connectivity index (χ2v) is 5.75. The molecule has 2 aromatic rings. The molecule has 78 valence electrons. The molecule has 4 heteroatoms. The molecule has 2 aromatic carbocycles. The van der Waals surface area contributed by atoms with Crippen molar-refractivity contribution in [3.63, 3.8) is 0 Å². The minimum Gasteiger partial charge on any atom is -0.277 e. The number of hydrogen-bond donors (Lipinski definition) is 1. The highest BCUT2D eigenvalue weighted by molar-refractivity contribution is 7.80. The average molecular weight is 229 g/mol. The van der Waals surface area contributed by atoms with Gasteiger partial charge in [-0.25, -0.2) is 4.89 Å². The standard InChI is InChI=1S/C12H11BO2P/c13-15-16(14,11-7-3-1-4-8-11)12-9-5-2-6-10-12/h1-10,14H/q+1. The Labute approximate surface area is 96.8 Å². The lowest BCUT2D eigenvalue weighted by atomic mass is 10.4. The summed E-state index contributed by atoms with van der Waals surface area (Å²) in [7, 11) is 2.39. The van der Waals surface area contributed by atoms with Gasteiger partial charge in [0.15, 0.2) is 10.6 Å². The van der Waals surface area contributed by atoms with E-state index in [0.717, 1.165) is 0 Å². The summed E-state index contributed by atoms with van der Waals surface area (Å²) in [5.74, 6) is 0. The molecule has 0 aliphatic rings. The third kappa shape index (κ3) is 2.03. The largest absolute Gasteiger partial charge is 0.359 e. The van der Waals surface area contributed by atoms with Crippen molar-refractivity contribution in [1.29, 1.82) is 0 Å². The summed E-state index contributed by atoms with van der Waals surface area (Å²) in [5.41, 5.74) is 0. The van der Waals surface area contributed by atoms with E-state index in [-0.39, 0.29) is 0 Å². The fraction of sp³-hybridized carbons (Fsp3) is 0. The number of hydrogen-bond acceptors (Lipinski definition) is 2. The van der Waals surface area contributed by atoms with Crippen molar-refractivity contribution in [3.05, 3.63) is 60.7 Å². The van der Waals surface area contributed by atoms with Crippen LogP contribution in [0.1, 0.15) is 0 Å². The summed E-state index contributed by atoms with van der Waals surface area (Å²) in [6.07, 6.45) is 0. The van der Waals surface area contributed by atoms with Gasteiger partial charge in [-0.2, -0.15) is 0 Å². The van der Waals surface area contributed by atoms with Crippen LogP contribution in [0.25, 0.3) is 0 Å². The second kappa shape index (κ2) is 4.79. The SMILES string of the molecule is [B]O[P+](O)(c1ccccc1)c1ccccc1. The predicted molar refractivity (Wildman–Crippen MR) is 68.1 cm³/mol. The lowest BCUT2D eigenvalue weighted by molar-refractivity contribution is 0.509. The van der Waals surface area contributed by atoms with E-state index < -0.39 is 7.72 Å². The highest BCUT2D eigenvalue weighted by atomic mass is 31.2. The molecule has 0 heterocycles. The maximum atomic E-state index is 10.5. The zero-order valence-corrected chi connectivity index (χ0v) is 9.55. The number of benzene rings is 2. The molecule has 0 aromatic heterocycles. The molecule has 1 N–H and O–H groups in total. The van der Waals surface area contributed by atoms with Gasteiger partial charge < -0.3 is 0 Å². The monoisotopic (exact) mass is 229 g/mol. The van der Waals surface area contributed by atoms with E-state index in [1.165, 1.54) is 0 Å². The molecular formula is C12H11BO2P+. The minimum atomic E-state index is -2.88. The van der Waals surface area contributed by atoms with Crippen molar-refractivity contribution in [2.24, 2.45) is 0 Å². The van der Waals surface area contributed by atoms with Crippen LogP contribution in [0.4, 0.5) is 0 Å². The molecular weight excluding hydrogens is 218 g/mol. The first-order chi connectivity index (χ1) is 7.77. The van der Waals surface area contributed by atoms with Crippen LogP contribution in [0.5, 0.6) is 0 Å². The van der Waals surface area contributed by atoms with Crippen LogP contribution in [0.2, 0.25) is 0 Å². The highest BCUT2D eigenvalue weighted by Crippen LogP contribution is 2.51. The zero-order chi connectivity index (χ0) is 11.4. The molecule has 2 nitrogen and oxygen atoms in total. The lowest BCUT2D eigenvalue weighted by Crippen LogP contribution is -2.23. The number of rotatable bonds is 3. The summed E-state index contributed by atoms with van der Waals surface area (Å²) in [4.78, 5) is 10.5. The molecule has 0 amide bonds. The fourth-order valence-corrected chi connectivity index (χ4v) is 3.22. The summed E-state index contributed by atoms with van der Waals surface area (Å²) in [5, 5.41) is 1.42. The maximum Gasteiger partial charge on any atom is 0.359 e. The first-order valence-electron chi connectivity index (χ1n) is 4.89. The Morgan fingerprint density at radius 1 is 0.812 bits per heavy atom. The van der Waals surface area contributed by atoms with Crippen LogP contribution in [0, 0.1) is 0 Å². The summed E-state index contributed by atoms with van der Waals surface area (Å²) < 4.78 is 4.88. The van der Waals surface area contributed by atoms with Crippen LogP contribution in [0.3, 0.4) is 0 Å². The Hall–Kier alpha value is -1.15. The van der Waals surface area contributed by atoms with Crippen molar-refractivity contribution in [2.45, 2.75) is 0 Å². The van der Waals surface area contributed by atoms with Crippen molar-refractivity contribution in [1.82, 2.24) is 0 Å². The van der Waals surface area contributed by atoms with E-state index in [9.17, 15) is 4.89 Å². The van der Waals surface area contributed by atoms with Gasteiger partial charge in [-0.15, -0.1) is 0 Å². The van der Waals surface area contributed by atoms with Gasteiger partial charge >= 0.3 is 15.8 Å². The van der Waals surface area contributed by atoms with Gasteiger partial charge in [0.25, 0.3) is 0 Å². The molecule has 0 bridgehead atoms. The van der Waals surface area contributed by atoms with Crippen LogP contribution in [0.15, 0.2) is 60.7 Å². The molecule has 0 aliphatic heterocycles. The highest BCUT2D eigenvalue weighted by Gasteiger charge is 2.41. The molecule has 16 heavy (non-hydrogen) atoms. The van der Waals surface area contributed by atoms with E-state index >= 15 is 0 Å². The van der Waals surface area contributed by atoms with Gasteiger partial charge in [0.2, 0.25) is 0 Å². The van der Waals surface area contributed by atoms with E-state index in [4.69, 9.17) is 12.5 Å². The Morgan fingerprint density at radius 2 is 1.19 bits per heavy atom. The third-order valence-electron chi connectivity index (χ3n) is 2.36. The minimum absolute atomic E-state index is 0.712. The molecule has 2 radical (unpaired) electrons. The zero-order valence-electron chi connectivity index (χ0n) is 8.65. The van der Waals surface area contributed by atoms with Gasteiger partial charge in [-0.3, -0.25) is 4.44 Å². The van der Waals surface area contributed by atoms with Crippen molar-refractivity contribution >= 4 is 26.4 Å². The quantitative estimate of drug-likeness (QED) is 0.639. The average Bonchev–Trinajstić information content (AvgIpc) is 2.40. The summed E-state index contributed by atoms with van der Waals surface area (Å²) >= 11 is 0. The second-order valence-electron chi connectivity index (χ2n) is 3.35. The van der Waals surface area contributed by atoms with Crippen LogP contribution in [-0.2, 0) is 4.44 Å². The summed E-state index contributed by atoms with van der Waals surface area (Å²) in [6, 6.07) is 18.4. The normalized spacial score (nSPS) is 11.3. The molecule has 0 saturated carbocycles. The molecule has 0 atom stereocenters. The molecule has 0 aliphatic carbocycles. The van der Waals surface area contributed by atoms with Gasteiger partial charge in [0, 0.05) is 0 Å². The van der Waals surface area contributed by atoms with Crippen molar-refractivity contribution in [2.75, 3.05) is 0 Å². The van der Waals surface area contributed by atoms with Gasteiger partial charge in [0.05, 0.1) is 0 Å². The van der Waals surface area contributed by atoms with Crippen molar-refractivity contribution < 1.29 is 9.33 Å². The van der Waals surface area contributed by atoms with Gasteiger partial charge in [-0.1, -0.05) is 36.4 Å². The Kier molecular flexibility index (Phi) is 3.40. The van der Waals surface area contributed by atoms with E-state index in [1.807, 2.05) is 60.7 Å². The summed E-state index contributed by atoms with van der Waals surface area (Å²) in [6.45, 7) is 0. The topological polar surface area (TPSA) is 29.5 Å². The smallest absolute Gasteiger partial charge is 0.277 e. The van der Waals surface area contributed by atoms with Crippen LogP contribution < -0.4 is 10.6 Å². The Bertz CT molecular complexity index is 408. The Balaban J connectivity index is 2.49. The predicted octanol–water partition coefficient (Wildman–Crippen LogP) is 1.58. The van der Waals surface area contributed by atoms with Gasteiger partial charge in [0.1, 0.15) is 0 Å².